The summed E-state index contributed by atoms with van der Waals surface area (Å²) < 4.78 is 2.00. The van der Waals surface area contributed by atoms with Gasteiger partial charge in [0.15, 0.2) is 0 Å². The molecule has 3 aromatic rings. The minimum Gasteiger partial charge on any atom is -0.262 e. The molecule has 0 atom stereocenters. The number of fused-ring (bicyclic) bond motifs is 1. The molecular formula is C11H5Br2N3S2. The van der Waals surface area contributed by atoms with Gasteiger partial charge in [0.05, 0.1) is 5.39 Å². The molecule has 0 N–H and O–H groups in total. The van der Waals surface area contributed by atoms with Gasteiger partial charge in [-0.1, -0.05) is 11.8 Å². The van der Waals surface area contributed by atoms with Crippen LogP contribution in [0.5, 0.6) is 0 Å². The second kappa shape index (κ2) is 5.24. The highest BCUT2D eigenvalue weighted by Gasteiger charge is 2.11. The minimum absolute atomic E-state index is 0.938. The van der Waals surface area contributed by atoms with Crippen molar-refractivity contribution in [2.24, 2.45) is 0 Å². The molecular weight excluding hydrogens is 398 g/mol. The topological polar surface area (TPSA) is 38.7 Å². The highest BCUT2D eigenvalue weighted by Crippen LogP contribution is 2.37. The van der Waals surface area contributed by atoms with Crippen LogP contribution >= 0.6 is 55.0 Å². The van der Waals surface area contributed by atoms with Crippen LogP contribution < -0.4 is 0 Å². The van der Waals surface area contributed by atoms with Crippen LogP contribution in [-0.2, 0) is 0 Å². The van der Waals surface area contributed by atoms with Gasteiger partial charge in [-0.3, -0.25) is 4.98 Å². The molecule has 0 bridgehead atoms. The van der Waals surface area contributed by atoms with Crippen LogP contribution in [-0.4, -0.2) is 15.0 Å². The van der Waals surface area contributed by atoms with Crippen LogP contribution in [0.3, 0.4) is 0 Å². The monoisotopic (exact) mass is 401 g/mol. The van der Waals surface area contributed by atoms with Crippen LogP contribution in [0, 0.1) is 0 Å². The van der Waals surface area contributed by atoms with E-state index < -0.39 is 0 Å². The standard InChI is InChI=1S/C11H5Br2N3S2/c12-6-1-7(3-14-2-6)18-11-9-8(13)4-17-10(9)15-5-16-11/h1-5H. The molecule has 0 aromatic carbocycles. The maximum Gasteiger partial charge on any atom is 0.129 e. The molecule has 0 radical (unpaired) electrons. The van der Waals surface area contributed by atoms with Crippen LogP contribution in [0.25, 0.3) is 10.2 Å². The van der Waals surface area contributed by atoms with E-state index in [1.54, 1.807) is 35.6 Å². The summed E-state index contributed by atoms with van der Waals surface area (Å²) in [7, 11) is 0. The molecule has 0 aliphatic heterocycles. The van der Waals surface area contributed by atoms with Crippen molar-refractivity contribution in [3.63, 3.8) is 0 Å². The van der Waals surface area contributed by atoms with Gasteiger partial charge in [-0.2, -0.15) is 0 Å². The molecule has 0 aliphatic rings. The minimum atomic E-state index is 0.938. The molecule has 0 aliphatic carbocycles. The van der Waals surface area contributed by atoms with Gasteiger partial charge in [0.1, 0.15) is 16.2 Å². The number of nitrogens with zero attached hydrogens (tertiary/aromatic N) is 3. The average molecular weight is 403 g/mol. The fourth-order valence-electron chi connectivity index (χ4n) is 1.45. The Kier molecular flexibility index (Phi) is 3.65. The predicted octanol–water partition coefficient (Wildman–Crippen LogP) is 4.76. The van der Waals surface area contributed by atoms with Crippen molar-refractivity contribution in [1.82, 2.24) is 15.0 Å². The Morgan fingerprint density at radius 3 is 2.89 bits per heavy atom. The summed E-state index contributed by atoms with van der Waals surface area (Å²) >= 11 is 10.1. The van der Waals surface area contributed by atoms with Gasteiger partial charge in [0, 0.05) is 31.6 Å². The molecule has 0 unspecified atom stereocenters. The Morgan fingerprint density at radius 1 is 1.17 bits per heavy atom. The van der Waals surface area contributed by atoms with Crippen molar-refractivity contribution in [3.8, 4) is 0 Å². The summed E-state index contributed by atoms with van der Waals surface area (Å²) in [5.41, 5.74) is 0. The van der Waals surface area contributed by atoms with Crippen LogP contribution in [0.4, 0.5) is 0 Å². The van der Waals surface area contributed by atoms with Gasteiger partial charge in [0.25, 0.3) is 0 Å². The van der Waals surface area contributed by atoms with E-state index in [1.165, 1.54) is 0 Å². The van der Waals surface area contributed by atoms with E-state index in [4.69, 9.17) is 0 Å². The molecule has 0 spiro atoms. The van der Waals surface area contributed by atoms with Crippen molar-refractivity contribution in [1.29, 1.82) is 0 Å². The van der Waals surface area contributed by atoms with Crippen molar-refractivity contribution in [3.05, 3.63) is 39.1 Å². The molecule has 3 aromatic heterocycles. The molecule has 7 heteroatoms. The first-order valence-electron chi connectivity index (χ1n) is 4.90. The van der Waals surface area contributed by atoms with E-state index in [2.05, 4.69) is 46.8 Å². The number of pyridine rings is 1. The van der Waals surface area contributed by atoms with Crippen LogP contribution in [0.2, 0.25) is 0 Å². The smallest absolute Gasteiger partial charge is 0.129 e. The molecule has 0 saturated heterocycles. The molecule has 3 heterocycles. The molecule has 0 amide bonds. The van der Waals surface area contributed by atoms with E-state index in [0.29, 0.717) is 0 Å². The summed E-state index contributed by atoms with van der Waals surface area (Å²) in [6, 6.07) is 2.02. The lowest BCUT2D eigenvalue weighted by molar-refractivity contribution is 1.10. The fraction of sp³-hybridized carbons (Fsp3) is 0. The zero-order valence-electron chi connectivity index (χ0n) is 8.80. The van der Waals surface area contributed by atoms with Gasteiger partial charge in [-0.25, -0.2) is 9.97 Å². The average Bonchev–Trinajstić information content (AvgIpc) is 2.72. The third-order valence-electron chi connectivity index (χ3n) is 2.18. The number of halogens is 2. The van der Waals surface area contributed by atoms with Crippen molar-refractivity contribution < 1.29 is 0 Å². The first-order chi connectivity index (χ1) is 8.74. The zero-order valence-corrected chi connectivity index (χ0v) is 13.6. The Hall–Kier alpha value is -0.500. The molecule has 18 heavy (non-hydrogen) atoms. The summed E-state index contributed by atoms with van der Waals surface area (Å²) in [4.78, 5) is 14.8. The van der Waals surface area contributed by atoms with Crippen molar-refractivity contribution in [2.75, 3.05) is 0 Å². The maximum atomic E-state index is 4.35. The second-order valence-electron chi connectivity index (χ2n) is 3.38. The van der Waals surface area contributed by atoms with Crippen molar-refractivity contribution >= 4 is 65.2 Å². The number of aromatic nitrogens is 3. The maximum absolute atomic E-state index is 4.35. The molecule has 90 valence electrons. The lowest BCUT2D eigenvalue weighted by atomic mass is 10.4. The third-order valence-corrected chi connectivity index (χ3v) is 5.40. The van der Waals surface area contributed by atoms with Gasteiger partial charge >= 0.3 is 0 Å². The van der Waals surface area contributed by atoms with Gasteiger partial charge in [-0.15, -0.1) is 11.3 Å². The van der Waals surface area contributed by atoms with Gasteiger partial charge in [0.2, 0.25) is 0 Å². The van der Waals surface area contributed by atoms with E-state index in [0.717, 1.165) is 29.1 Å². The number of thiophene rings is 1. The second-order valence-corrected chi connectivity index (χ2v) is 7.07. The highest BCUT2D eigenvalue weighted by atomic mass is 79.9. The SMILES string of the molecule is Brc1cncc(Sc2ncnc3scc(Br)c23)c1. The molecule has 0 fully saturated rings. The van der Waals surface area contributed by atoms with E-state index in [1.807, 2.05) is 17.6 Å². The van der Waals surface area contributed by atoms with Gasteiger partial charge in [-0.05, 0) is 37.9 Å². The van der Waals surface area contributed by atoms with Gasteiger partial charge < -0.3 is 0 Å². The quantitative estimate of drug-likeness (QED) is 0.579. The Labute approximate surface area is 128 Å². The van der Waals surface area contributed by atoms with E-state index >= 15 is 0 Å². The fourth-order valence-corrected chi connectivity index (χ4v) is 4.65. The third kappa shape index (κ3) is 2.45. The first kappa shape index (κ1) is 12.5. The summed E-state index contributed by atoms with van der Waals surface area (Å²) in [5.74, 6) is 0. The van der Waals surface area contributed by atoms with Crippen LogP contribution in [0.1, 0.15) is 0 Å². The number of rotatable bonds is 2. The van der Waals surface area contributed by atoms with E-state index in [-0.39, 0.29) is 0 Å². The number of hydrogen-bond donors (Lipinski definition) is 0. The lowest BCUT2D eigenvalue weighted by Crippen LogP contribution is -1.84. The first-order valence-corrected chi connectivity index (χ1v) is 8.18. The zero-order chi connectivity index (χ0) is 12.5. The Balaban J connectivity index is 2.07. The number of hydrogen-bond acceptors (Lipinski definition) is 5. The predicted molar refractivity (Wildman–Crippen MR) is 81.2 cm³/mol. The summed E-state index contributed by atoms with van der Waals surface area (Å²) in [5, 5.41) is 4.03. The van der Waals surface area contributed by atoms with Crippen LogP contribution in [0.15, 0.2) is 49.0 Å². The van der Waals surface area contributed by atoms with E-state index in [9.17, 15) is 0 Å². The van der Waals surface area contributed by atoms with Crippen molar-refractivity contribution in [2.45, 2.75) is 9.92 Å². The normalized spacial score (nSPS) is 11.0. The Morgan fingerprint density at radius 2 is 2.06 bits per heavy atom. The highest BCUT2D eigenvalue weighted by molar-refractivity contribution is 9.11. The Bertz CT molecular complexity index is 714. The molecule has 3 rings (SSSR count). The molecule has 3 nitrogen and oxygen atoms in total. The largest absolute Gasteiger partial charge is 0.262 e. The lowest BCUT2D eigenvalue weighted by Gasteiger charge is -2.02. The summed E-state index contributed by atoms with van der Waals surface area (Å²) in [6.45, 7) is 0. The summed E-state index contributed by atoms with van der Waals surface area (Å²) in [6.07, 6.45) is 5.18. The molecule has 0 saturated carbocycles.